The third-order valence-electron chi connectivity index (χ3n) is 5.86. The number of allylic oxidation sites excluding steroid dienone is 2. The predicted molar refractivity (Wildman–Crippen MR) is 102 cm³/mol. The number of hydrogen-bond donors (Lipinski definition) is 0. The third kappa shape index (κ3) is 2.85. The molecule has 2 heteroatoms. The molecule has 0 spiro atoms. The van der Waals surface area contributed by atoms with E-state index in [0.29, 0.717) is 0 Å². The van der Waals surface area contributed by atoms with Gasteiger partial charge in [-0.05, 0) is 37.8 Å². The third-order valence-corrected chi connectivity index (χ3v) is 23.7. The van der Waals surface area contributed by atoms with Gasteiger partial charge in [-0.15, -0.1) is 0 Å². The number of hydrogen-bond acceptors (Lipinski definition) is 0. The van der Waals surface area contributed by atoms with Crippen molar-refractivity contribution in [3.63, 3.8) is 0 Å². The maximum atomic E-state index is 2.63. The van der Waals surface area contributed by atoms with Gasteiger partial charge in [-0.2, -0.15) is 0 Å². The molecule has 21 heavy (non-hydrogen) atoms. The van der Waals surface area contributed by atoms with E-state index in [2.05, 4.69) is 77.7 Å². The van der Waals surface area contributed by atoms with Crippen LogP contribution in [-0.2, 0) is 0 Å². The molecule has 1 aromatic carbocycles. The topological polar surface area (TPSA) is 0 Å². The summed E-state index contributed by atoms with van der Waals surface area (Å²) in [5, 5.41) is 1.73. The van der Waals surface area contributed by atoms with Crippen LogP contribution >= 0.6 is 0 Å². The van der Waals surface area contributed by atoms with Gasteiger partial charge < -0.3 is 0 Å². The first-order chi connectivity index (χ1) is 9.70. The summed E-state index contributed by atoms with van der Waals surface area (Å²) in [6.45, 7) is 17.6. The van der Waals surface area contributed by atoms with Gasteiger partial charge in [0.1, 0.15) is 0 Å². The summed E-state index contributed by atoms with van der Waals surface area (Å²) in [5.41, 5.74) is 4.28. The first-order valence-corrected chi connectivity index (χ1v) is 15.2. The molecule has 1 aliphatic rings. The average molecular weight is 317 g/mol. The van der Waals surface area contributed by atoms with Crippen molar-refractivity contribution in [2.75, 3.05) is 0 Å². The van der Waals surface area contributed by atoms with Crippen LogP contribution in [0.2, 0.25) is 31.2 Å². The number of rotatable bonds is 3. The van der Waals surface area contributed by atoms with E-state index in [-0.39, 0.29) is 0 Å². The largest absolute Gasteiger partial charge is 0.0870 e. The van der Waals surface area contributed by atoms with Crippen LogP contribution in [0.4, 0.5) is 0 Å². The maximum absolute atomic E-state index is 2.63. The van der Waals surface area contributed by atoms with Crippen molar-refractivity contribution in [2.24, 2.45) is 5.92 Å². The molecule has 1 heterocycles. The zero-order valence-electron chi connectivity index (χ0n) is 15.0. The van der Waals surface area contributed by atoms with Crippen LogP contribution in [0.1, 0.15) is 34.1 Å². The lowest BCUT2D eigenvalue weighted by Gasteiger charge is -2.53. The van der Waals surface area contributed by atoms with Gasteiger partial charge in [0, 0.05) is 7.59 Å². The monoisotopic (exact) mass is 316 g/mol. The molecule has 0 fully saturated rings. The lowest BCUT2D eigenvalue weighted by atomic mass is 9.99. The molecular weight excluding hydrogens is 284 g/mol. The van der Waals surface area contributed by atoms with Crippen LogP contribution in [0.15, 0.2) is 41.5 Å². The fourth-order valence-corrected chi connectivity index (χ4v) is 21.7. The summed E-state index contributed by atoms with van der Waals surface area (Å²) in [6.07, 6.45) is 1.34. The van der Waals surface area contributed by atoms with Gasteiger partial charge >= 0.3 is 0 Å². The number of benzene rings is 1. The van der Waals surface area contributed by atoms with Crippen molar-refractivity contribution in [3.05, 3.63) is 41.5 Å². The van der Waals surface area contributed by atoms with Crippen molar-refractivity contribution < 1.29 is 0 Å². The van der Waals surface area contributed by atoms with E-state index < -0.39 is 15.2 Å². The van der Waals surface area contributed by atoms with Gasteiger partial charge in [0.05, 0.1) is 7.59 Å². The van der Waals surface area contributed by atoms with Gasteiger partial charge in [-0.25, -0.2) is 0 Å². The Bertz CT molecular complexity index is 522. The Labute approximate surface area is 133 Å². The van der Waals surface area contributed by atoms with E-state index in [1.807, 2.05) is 0 Å². The average Bonchev–Trinajstić information content (AvgIpc) is 2.40. The summed E-state index contributed by atoms with van der Waals surface area (Å²) in [5.74, 6) is 0.798. The lowest BCUT2D eigenvalue weighted by molar-refractivity contribution is 0.560. The second kappa shape index (κ2) is 5.88. The molecule has 0 aromatic heterocycles. The molecule has 0 amide bonds. The molecule has 0 unspecified atom stereocenters. The summed E-state index contributed by atoms with van der Waals surface area (Å²) in [6, 6.07) is 13.0. The predicted octanol–water partition coefficient (Wildman–Crippen LogP) is 5.53. The molecule has 0 aliphatic carbocycles. The molecule has 1 aromatic rings. The molecular formula is C19H32Si2. The first kappa shape index (κ1) is 16.8. The highest BCUT2D eigenvalue weighted by Gasteiger charge is 2.54. The van der Waals surface area contributed by atoms with E-state index >= 15 is 0 Å². The fourth-order valence-electron chi connectivity index (χ4n) is 4.49. The molecule has 1 aliphatic heterocycles. The Balaban J connectivity index is 2.69. The second-order valence-electron chi connectivity index (χ2n) is 8.38. The van der Waals surface area contributed by atoms with E-state index in [1.165, 1.54) is 12.5 Å². The zero-order chi connectivity index (χ0) is 15.8. The molecule has 0 nitrogen and oxygen atoms in total. The van der Waals surface area contributed by atoms with Crippen molar-refractivity contribution >= 4 is 20.4 Å². The van der Waals surface area contributed by atoms with Crippen LogP contribution in [0.5, 0.6) is 0 Å². The van der Waals surface area contributed by atoms with E-state index in [1.54, 1.807) is 16.3 Å². The molecule has 0 N–H and O–H groups in total. The smallest absolute Gasteiger partial charge is 0.0769 e. The van der Waals surface area contributed by atoms with E-state index in [0.717, 1.165) is 11.5 Å². The molecule has 0 saturated heterocycles. The molecule has 0 radical (unpaired) electrons. The molecule has 2 atom stereocenters. The Hall–Kier alpha value is -0.606. The standard InChI is InChI=1S/C19H32Si2/c1-15(2)19-13-16(3)17(4)14-21(19,20(5,6)7)18-11-9-8-10-12-18/h8-12,15,19H,13-14H2,1-7H3/t19-,21+/m1/s1. The molecule has 0 saturated carbocycles. The van der Waals surface area contributed by atoms with Gasteiger partial charge in [-0.1, -0.05) is 80.2 Å². The summed E-state index contributed by atoms with van der Waals surface area (Å²) in [7, 11) is -2.72. The summed E-state index contributed by atoms with van der Waals surface area (Å²) >= 11 is 0. The Morgan fingerprint density at radius 2 is 1.57 bits per heavy atom. The minimum Gasteiger partial charge on any atom is -0.0769 e. The van der Waals surface area contributed by atoms with Gasteiger partial charge in [0.25, 0.3) is 0 Å². The molecule has 116 valence electrons. The van der Waals surface area contributed by atoms with Crippen molar-refractivity contribution in [1.29, 1.82) is 0 Å². The first-order valence-electron chi connectivity index (χ1n) is 8.41. The normalized spacial score (nSPS) is 27.3. The highest BCUT2D eigenvalue weighted by molar-refractivity contribution is 7.46. The second-order valence-corrected chi connectivity index (χ2v) is 23.7. The lowest BCUT2D eigenvalue weighted by Crippen LogP contribution is -2.70. The minimum absolute atomic E-state index is 0.798. The zero-order valence-corrected chi connectivity index (χ0v) is 17.0. The van der Waals surface area contributed by atoms with Crippen molar-refractivity contribution in [3.8, 4) is 0 Å². The molecule has 0 bridgehead atoms. The SMILES string of the molecule is CC1=C(C)C[Si@@](c2ccccc2)([Si](C)(C)C)[C@@H](C(C)C)C1. The van der Waals surface area contributed by atoms with Crippen LogP contribution in [0.25, 0.3) is 0 Å². The Kier molecular flexibility index (Phi) is 4.70. The Morgan fingerprint density at radius 3 is 2.05 bits per heavy atom. The highest BCUT2D eigenvalue weighted by Crippen LogP contribution is 2.48. The van der Waals surface area contributed by atoms with Crippen molar-refractivity contribution in [2.45, 2.75) is 65.3 Å². The van der Waals surface area contributed by atoms with Gasteiger partial charge in [0.15, 0.2) is 0 Å². The summed E-state index contributed by atoms with van der Waals surface area (Å²) < 4.78 is 0. The van der Waals surface area contributed by atoms with E-state index in [9.17, 15) is 0 Å². The quantitative estimate of drug-likeness (QED) is 0.508. The van der Waals surface area contributed by atoms with Crippen LogP contribution in [0.3, 0.4) is 0 Å². The van der Waals surface area contributed by atoms with Crippen LogP contribution < -0.4 is 5.19 Å². The van der Waals surface area contributed by atoms with Gasteiger partial charge in [0.2, 0.25) is 0 Å². The Morgan fingerprint density at radius 1 is 1.00 bits per heavy atom. The van der Waals surface area contributed by atoms with Crippen LogP contribution in [-0.4, -0.2) is 15.2 Å². The fraction of sp³-hybridized carbons (Fsp3) is 0.579. The highest BCUT2D eigenvalue weighted by atomic mass is 29.3. The van der Waals surface area contributed by atoms with Crippen LogP contribution in [0, 0.1) is 5.92 Å². The van der Waals surface area contributed by atoms with Crippen molar-refractivity contribution in [1.82, 2.24) is 0 Å². The maximum Gasteiger partial charge on any atom is 0.0870 e. The van der Waals surface area contributed by atoms with E-state index in [4.69, 9.17) is 0 Å². The molecule has 2 rings (SSSR count). The summed E-state index contributed by atoms with van der Waals surface area (Å²) in [4.78, 5) is 0. The minimum atomic E-state index is -1.48. The van der Waals surface area contributed by atoms with Gasteiger partial charge in [-0.3, -0.25) is 0 Å².